The lowest BCUT2D eigenvalue weighted by Gasteiger charge is -2.20. The number of aromatic hydroxyl groups is 2. The third-order valence-electron chi connectivity index (χ3n) is 3.01. The van der Waals surface area contributed by atoms with E-state index in [1.54, 1.807) is 55.6 Å². The number of benzene rings is 2. The fourth-order valence-electron chi connectivity index (χ4n) is 1.81. The SMILES string of the molecule is CC.CCC.CNC(c1ccc(O)cc1)P(O)OC.N/N=C/c1ccc(O)cc1. The van der Waals surface area contributed by atoms with Gasteiger partial charge in [-0.1, -0.05) is 46.2 Å². The van der Waals surface area contributed by atoms with E-state index in [4.69, 9.17) is 20.6 Å². The van der Waals surface area contributed by atoms with Crippen LogP contribution in [0.15, 0.2) is 53.6 Å². The van der Waals surface area contributed by atoms with E-state index in [1.165, 1.54) is 19.7 Å². The van der Waals surface area contributed by atoms with Crippen molar-refractivity contribution < 1.29 is 19.6 Å². The number of nitrogens with one attached hydrogen (secondary N) is 1. The Bertz CT molecular complexity index is 637. The molecule has 2 aromatic carbocycles. The van der Waals surface area contributed by atoms with Gasteiger partial charge in [-0.3, -0.25) is 0 Å². The predicted molar refractivity (Wildman–Crippen MR) is 123 cm³/mol. The molecule has 0 saturated carbocycles. The highest BCUT2D eigenvalue weighted by atomic mass is 31.2. The average Bonchev–Trinajstić information content (AvgIpc) is 2.74. The number of nitrogens with zero attached hydrogens (tertiary/aromatic N) is 1. The first kappa shape index (κ1) is 29.0. The molecule has 2 rings (SSSR count). The summed E-state index contributed by atoms with van der Waals surface area (Å²) in [6.07, 6.45) is 2.76. The van der Waals surface area contributed by atoms with Crippen LogP contribution >= 0.6 is 8.38 Å². The topological polar surface area (TPSA) is 120 Å². The highest BCUT2D eigenvalue weighted by Gasteiger charge is 2.19. The van der Waals surface area contributed by atoms with Gasteiger partial charge >= 0.3 is 0 Å². The van der Waals surface area contributed by atoms with Crippen LogP contribution in [0.5, 0.6) is 11.5 Å². The average molecular weight is 426 g/mol. The van der Waals surface area contributed by atoms with Gasteiger partial charge in [-0.15, -0.1) is 0 Å². The molecule has 2 atom stereocenters. The molecule has 29 heavy (non-hydrogen) atoms. The Kier molecular flexibility index (Phi) is 19.2. The fourth-order valence-corrected chi connectivity index (χ4v) is 2.67. The summed E-state index contributed by atoms with van der Waals surface area (Å²) in [5.41, 5.74) is 1.76. The van der Waals surface area contributed by atoms with Crippen molar-refractivity contribution in [2.24, 2.45) is 10.9 Å². The maximum Gasteiger partial charge on any atom is 0.190 e. The normalized spacial score (nSPS) is 11.7. The summed E-state index contributed by atoms with van der Waals surface area (Å²) in [4.78, 5) is 9.56. The first-order chi connectivity index (χ1) is 13.9. The lowest BCUT2D eigenvalue weighted by atomic mass is 10.2. The quantitative estimate of drug-likeness (QED) is 0.205. The van der Waals surface area contributed by atoms with Crippen molar-refractivity contribution in [3.8, 4) is 11.5 Å². The lowest BCUT2D eigenvalue weighted by Crippen LogP contribution is -2.14. The molecule has 0 aliphatic carbocycles. The first-order valence-electron chi connectivity index (χ1n) is 9.44. The minimum Gasteiger partial charge on any atom is -0.508 e. The molecule has 0 saturated heterocycles. The minimum absolute atomic E-state index is 0.211. The second-order valence-electron chi connectivity index (χ2n) is 5.34. The summed E-state index contributed by atoms with van der Waals surface area (Å²) in [5.74, 6) is 5.14. The molecule has 0 bridgehead atoms. The molecule has 0 fully saturated rings. The summed E-state index contributed by atoms with van der Waals surface area (Å²) in [7, 11) is 1.70. The zero-order valence-corrected chi connectivity index (χ0v) is 19.1. The van der Waals surface area contributed by atoms with Crippen molar-refractivity contribution in [2.45, 2.75) is 39.9 Å². The minimum atomic E-state index is -1.52. The van der Waals surface area contributed by atoms with Gasteiger partial charge in [-0.05, 0) is 54.6 Å². The van der Waals surface area contributed by atoms with Gasteiger partial charge in [0.1, 0.15) is 17.3 Å². The van der Waals surface area contributed by atoms with E-state index in [0.29, 0.717) is 0 Å². The third kappa shape index (κ3) is 13.6. The van der Waals surface area contributed by atoms with Crippen LogP contribution in [0.25, 0.3) is 0 Å². The Labute approximate surface area is 176 Å². The van der Waals surface area contributed by atoms with Crippen LogP contribution in [-0.2, 0) is 4.52 Å². The highest BCUT2D eigenvalue weighted by molar-refractivity contribution is 7.46. The molecule has 0 heterocycles. The number of rotatable bonds is 5. The molecular weight excluding hydrogens is 389 g/mol. The van der Waals surface area contributed by atoms with Gasteiger partial charge in [0.25, 0.3) is 0 Å². The van der Waals surface area contributed by atoms with Crippen LogP contribution in [0.4, 0.5) is 0 Å². The van der Waals surface area contributed by atoms with Gasteiger partial charge in [-0.2, -0.15) is 5.10 Å². The molecule has 2 unspecified atom stereocenters. The molecule has 164 valence electrons. The van der Waals surface area contributed by atoms with E-state index < -0.39 is 8.38 Å². The van der Waals surface area contributed by atoms with E-state index >= 15 is 0 Å². The molecule has 0 aliphatic heterocycles. The third-order valence-corrected chi connectivity index (χ3v) is 4.38. The smallest absolute Gasteiger partial charge is 0.190 e. The van der Waals surface area contributed by atoms with Crippen molar-refractivity contribution in [3.05, 3.63) is 59.7 Å². The van der Waals surface area contributed by atoms with Gasteiger partial charge < -0.3 is 30.8 Å². The molecule has 0 spiro atoms. The zero-order chi connectivity index (χ0) is 22.7. The van der Waals surface area contributed by atoms with Gasteiger partial charge in [-0.25, -0.2) is 0 Å². The molecule has 2 aromatic rings. The number of hydrogen-bond acceptors (Lipinski definition) is 7. The van der Waals surface area contributed by atoms with Gasteiger partial charge in [0, 0.05) is 7.11 Å². The molecule has 0 radical (unpaired) electrons. The highest BCUT2D eigenvalue weighted by Crippen LogP contribution is 2.45. The molecule has 0 aliphatic rings. The van der Waals surface area contributed by atoms with Crippen molar-refractivity contribution in [1.29, 1.82) is 0 Å². The lowest BCUT2D eigenvalue weighted by molar-refractivity contribution is 0.374. The van der Waals surface area contributed by atoms with Crippen molar-refractivity contribution in [2.75, 3.05) is 14.2 Å². The Morgan fingerprint density at radius 1 is 1.03 bits per heavy atom. The van der Waals surface area contributed by atoms with Crippen LogP contribution in [0.1, 0.15) is 51.0 Å². The summed E-state index contributed by atoms with van der Waals surface area (Å²) >= 11 is 0. The van der Waals surface area contributed by atoms with Crippen molar-refractivity contribution in [3.63, 3.8) is 0 Å². The van der Waals surface area contributed by atoms with Crippen LogP contribution in [0.3, 0.4) is 0 Å². The van der Waals surface area contributed by atoms with Gasteiger partial charge in [0.05, 0.1) is 6.21 Å². The Balaban J connectivity index is 0. The van der Waals surface area contributed by atoms with Crippen LogP contribution < -0.4 is 11.2 Å². The second kappa shape index (κ2) is 19.2. The largest absolute Gasteiger partial charge is 0.508 e. The fraction of sp³-hybridized carbons (Fsp3) is 0.381. The number of phenols is 2. The Morgan fingerprint density at radius 2 is 1.45 bits per heavy atom. The molecule has 6 N–H and O–H groups in total. The van der Waals surface area contributed by atoms with Gasteiger partial charge in [0.2, 0.25) is 0 Å². The Morgan fingerprint density at radius 3 is 1.79 bits per heavy atom. The summed E-state index contributed by atoms with van der Waals surface area (Å²) in [6, 6.07) is 13.3. The first-order valence-corrected chi connectivity index (χ1v) is 10.7. The van der Waals surface area contributed by atoms with Crippen LogP contribution in [0, 0.1) is 0 Å². The van der Waals surface area contributed by atoms with Crippen molar-refractivity contribution in [1.82, 2.24) is 5.32 Å². The monoisotopic (exact) mass is 425 g/mol. The van der Waals surface area contributed by atoms with E-state index in [2.05, 4.69) is 24.3 Å². The number of phenolic OH excluding ortho intramolecular Hbond substituents is 2. The Hall–Kier alpha value is -2.18. The summed E-state index contributed by atoms with van der Waals surface area (Å²) in [6.45, 7) is 8.25. The standard InChI is InChI=1S/C9H14NO3P.C7H8N2O.C3H8.C2H6/c1-10-9(14(12)13-2)7-3-5-8(11)6-4-7;8-9-5-6-1-3-7(10)4-2-6;1-3-2;1-2/h3-6,9-12H,1-2H3;1-5,10H,8H2;3H2,1-2H3;1-2H3/b;9-5+;;. The molecule has 0 aromatic heterocycles. The van der Waals surface area contributed by atoms with Crippen molar-refractivity contribution >= 4 is 14.6 Å². The van der Waals surface area contributed by atoms with Gasteiger partial charge in [0.15, 0.2) is 8.38 Å². The second-order valence-corrected chi connectivity index (χ2v) is 6.83. The maximum atomic E-state index is 9.56. The van der Waals surface area contributed by atoms with E-state index in [0.717, 1.165) is 11.1 Å². The zero-order valence-electron chi connectivity index (χ0n) is 18.2. The molecule has 7 nitrogen and oxygen atoms in total. The van der Waals surface area contributed by atoms with E-state index in [1.807, 2.05) is 13.8 Å². The maximum absolute atomic E-state index is 9.56. The number of nitrogens with two attached hydrogens (primary N) is 1. The molecule has 0 amide bonds. The summed E-state index contributed by atoms with van der Waals surface area (Å²) < 4.78 is 4.88. The van der Waals surface area contributed by atoms with E-state index in [9.17, 15) is 4.89 Å². The van der Waals surface area contributed by atoms with Crippen LogP contribution in [0.2, 0.25) is 0 Å². The number of hydrazone groups is 1. The number of hydrogen-bond donors (Lipinski definition) is 5. The molecular formula is C21H36N3O4P. The predicted octanol–water partition coefficient (Wildman–Crippen LogP) is 4.69. The summed E-state index contributed by atoms with van der Waals surface area (Å²) in [5, 5.41) is 24.2. The van der Waals surface area contributed by atoms with E-state index in [-0.39, 0.29) is 17.3 Å². The molecule has 8 heteroatoms. The van der Waals surface area contributed by atoms with Crippen LogP contribution in [-0.4, -0.2) is 35.5 Å².